The van der Waals surface area contributed by atoms with Crippen LogP contribution >= 0.6 is 0 Å². The van der Waals surface area contributed by atoms with E-state index in [0.717, 1.165) is 22.4 Å². The zero-order valence-electron chi connectivity index (χ0n) is 15.4. The average Bonchev–Trinajstić information content (AvgIpc) is 2.63. The predicted molar refractivity (Wildman–Crippen MR) is 105 cm³/mol. The highest BCUT2D eigenvalue weighted by atomic mass is 16.3. The minimum absolute atomic E-state index is 0.0612. The minimum atomic E-state index is -0.335. The van der Waals surface area contributed by atoms with Crippen molar-refractivity contribution in [1.82, 2.24) is 0 Å². The molecule has 0 bridgehead atoms. The van der Waals surface area contributed by atoms with Gasteiger partial charge in [-0.25, -0.2) is 0 Å². The van der Waals surface area contributed by atoms with Crippen LogP contribution in [0.15, 0.2) is 48.5 Å². The molecule has 1 aliphatic rings. The van der Waals surface area contributed by atoms with Crippen LogP contribution in [0.3, 0.4) is 0 Å². The first kappa shape index (κ1) is 17.0. The molecule has 0 aliphatic heterocycles. The fourth-order valence-corrected chi connectivity index (χ4v) is 3.82. The van der Waals surface area contributed by atoms with E-state index in [1.54, 1.807) is 30.3 Å². The molecule has 0 unspecified atom stereocenters. The highest BCUT2D eigenvalue weighted by Gasteiger charge is 2.34. The predicted octanol–water partition coefficient (Wildman–Crippen LogP) is 4.84. The summed E-state index contributed by atoms with van der Waals surface area (Å²) in [6.45, 7) is 6.03. The fraction of sp³-hybridized carbons (Fsp3) is 0.130. The largest absolute Gasteiger partial charge is 0.507 e. The second kappa shape index (κ2) is 6.09. The normalized spacial score (nSPS) is 12.6. The SMILES string of the molecule is Cc1cc(C)c(Nc2ccc(O)c3c2C(=O)c2ccccc2C3=O)c(C)c1. The molecule has 0 spiro atoms. The first-order valence-corrected chi connectivity index (χ1v) is 8.77. The Balaban J connectivity index is 1.91. The van der Waals surface area contributed by atoms with Crippen molar-refractivity contribution in [1.29, 1.82) is 0 Å². The van der Waals surface area contributed by atoms with Crippen LogP contribution in [0.4, 0.5) is 11.4 Å². The Labute approximate surface area is 157 Å². The zero-order chi connectivity index (χ0) is 19.3. The summed E-state index contributed by atoms with van der Waals surface area (Å²) >= 11 is 0. The molecule has 0 atom stereocenters. The third-order valence-electron chi connectivity index (χ3n) is 4.99. The van der Waals surface area contributed by atoms with Gasteiger partial charge in [0, 0.05) is 16.8 Å². The van der Waals surface area contributed by atoms with Crippen molar-refractivity contribution in [2.24, 2.45) is 0 Å². The number of aryl methyl sites for hydroxylation is 3. The second-order valence-electron chi connectivity index (χ2n) is 6.98. The van der Waals surface area contributed by atoms with Crippen LogP contribution in [-0.2, 0) is 0 Å². The summed E-state index contributed by atoms with van der Waals surface area (Å²) in [5.41, 5.74) is 5.63. The maximum absolute atomic E-state index is 13.1. The number of anilines is 2. The van der Waals surface area contributed by atoms with Crippen LogP contribution in [0.25, 0.3) is 0 Å². The Morgan fingerprint density at radius 3 is 1.93 bits per heavy atom. The quantitative estimate of drug-likeness (QED) is 0.504. The van der Waals surface area contributed by atoms with Crippen LogP contribution in [-0.4, -0.2) is 16.7 Å². The molecule has 4 nitrogen and oxygen atoms in total. The summed E-state index contributed by atoms with van der Waals surface area (Å²) in [5.74, 6) is -0.777. The lowest BCUT2D eigenvalue weighted by Crippen LogP contribution is -2.22. The van der Waals surface area contributed by atoms with Gasteiger partial charge in [0.1, 0.15) is 5.75 Å². The van der Waals surface area contributed by atoms with Gasteiger partial charge in [-0.05, 0) is 44.0 Å². The molecule has 3 aromatic rings. The lowest BCUT2D eigenvalue weighted by molar-refractivity contribution is 0.0977. The lowest BCUT2D eigenvalue weighted by atomic mass is 9.82. The third kappa shape index (κ3) is 2.61. The molecular weight excluding hydrogens is 338 g/mol. The molecule has 0 saturated heterocycles. The highest BCUT2D eigenvalue weighted by Crippen LogP contribution is 2.38. The maximum atomic E-state index is 13.1. The molecule has 0 aromatic heterocycles. The number of nitrogens with one attached hydrogen (secondary N) is 1. The standard InChI is InChI=1S/C23H19NO3/c1-12-10-13(2)21(14(3)11-12)24-17-8-9-18(25)20-19(17)22(26)15-6-4-5-7-16(15)23(20)27/h4-11,24-25H,1-3H3. The molecule has 0 fully saturated rings. The topological polar surface area (TPSA) is 66.4 Å². The molecule has 0 radical (unpaired) electrons. The van der Waals surface area contributed by atoms with Gasteiger partial charge in [0.05, 0.1) is 16.8 Å². The van der Waals surface area contributed by atoms with Gasteiger partial charge < -0.3 is 10.4 Å². The molecule has 0 saturated carbocycles. The number of fused-ring (bicyclic) bond motifs is 2. The van der Waals surface area contributed by atoms with Crippen molar-refractivity contribution in [3.05, 3.63) is 87.5 Å². The summed E-state index contributed by atoms with van der Waals surface area (Å²) in [4.78, 5) is 26.1. The number of benzene rings is 3. The number of phenolic OH excluding ortho intramolecular Hbond substituents is 1. The van der Waals surface area contributed by atoms with Crippen LogP contribution in [0, 0.1) is 20.8 Å². The van der Waals surface area contributed by atoms with Crippen molar-refractivity contribution in [3.63, 3.8) is 0 Å². The van der Waals surface area contributed by atoms with E-state index in [1.165, 1.54) is 6.07 Å². The van der Waals surface area contributed by atoms with Gasteiger partial charge in [0.15, 0.2) is 11.6 Å². The summed E-state index contributed by atoms with van der Waals surface area (Å²) < 4.78 is 0. The summed E-state index contributed by atoms with van der Waals surface area (Å²) in [6.07, 6.45) is 0. The molecule has 1 aliphatic carbocycles. The van der Waals surface area contributed by atoms with Crippen LogP contribution in [0.2, 0.25) is 0 Å². The Hall–Kier alpha value is -3.40. The number of aromatic hydroxyl groups is 1. The van der Waals surface area contributed by atoms with E-state index in [1.807, 2.05) is 20.8 Å². The number of rotatable bonds is 2. The molecule has 4 heteroatoms. The second-order valence-corrected chi connectivity index (χ2v) is 6.98. The van der Waals surface area contributed by atoms with E-state index in [0.29, 0.717) is 16.8 Å². The Kier molecular flexibility index (Phi) is 3.84. The average molecular weight is 357 g/mol. The first-order valence-electron chi connectivity index (χ1n) is 8.77. The molecule has 2 N–H and O–H groups in total. The number of carbonyl (C=O) groups excluding carboxylic acids is 2. The summed E-state index contributed by atoms with van der Waals surface area (Å²) in [7, 11) is 0. The molecule has 4 rings (SSSR count). The summed E-state index contributed by atoms with van der Waals surface area (Å²) in [5, 5.41) is 13.6. The number of hydrogen-bond donors (Lipinski definition) is 2. The van der Waals surface area contributed by atoms with Gasteiger partial charge in [0.2, 0.25) is 0 Å². The van der Waals surface area contributed by atoms with Crippen LogP contribution in [0.1, 0.15) is 48.5 Å². The fourth-order valence-electron chi connectivity index (χ4n) is 3.82. The molecule has 134 valence electrons. The van der Waals surface area contributed by atoms with E-state index < -0.39 is 0 Å². The van der Waals surface area contributed by atoms with Crippen LogP contribution < -0.4 is 5.32 Å². The number of carbonyl (C=O) groups is 2. The number of phenols is 1. The Bertz CT molecular complexity index is 1110. The number of ketones is 2. The van der Waals surface area contributed by atoms with E-state index in [4.69, 9.17) is 0 Å². The highest BCUT2D eigenvalue weighted by molar-refractivity contribution is 6.31. The minimum Gasteiger partial charge on any atom is -0.507 e. The van der Waals surface area contributed by atoms with E-state index in [-0.39, 0.29) is 28.4 Å². The first-order chi connectivity index (χ1) is 12.9. The third-order valence-corrected chi connectivity index (χ3v) is 4.99. The Morgan fingerprint density at radius 2 is 1.33 bits per heavy atom. The van der Waals surface area contributed by atoms with E-state index in [2.05, 4.69) is 17.4 Å². The van der Waals surface area contributed by atoms with Gasteiger partial charge in [-0.2, -0.15) is 0 Å². The smallest absolute Gasteiger partial charge is 0.198 e. The van der Waals surface area contributed by atoms with Gasteiger partial charge in [-0.1, -0.05) is 42.0 Å². The van der Waals surface area contributed by atoms with E-state index in [9.17, 15) is 14.7 Å². The number of hydrogen-bond acceptors (Lipinski definition) is 4. The van der Waals surface area contributed by atoms with Crippen LogP contribution in [0.5, 0.6) is 5.75 Å². The molecular formula is C23H19NO3. The maximum Gasteiger partial charge on any atom is 0.198 e. The molecule has 0 amide bonds. The Morgan fingerprint density at radius 1 is 0.778 bits per heavy atom. The lowest BCUT2D eigenvalue weighted by Gasteiger charge is -2.23. The molecule has 27 heavy (non-hydrogen) atoms. The van der Waals surface area contributed by atoms with Crippen molar-refractivity contribution >= 4 is 22.9 Å². The zero-order valence-corrected chi connectivity index (χ0v) is 15.4. The van der Waals surface area contributed by atoms with Gasteiger partial charge in [0.25, 0.3) is 0 Å². The molecule has 0 heterocycles. The monoisotopic (exact) mass is 357 g/mol. The van der Waals surface area contributed by atoms with Crippen molar-refractivity contribution in [2.45, 2.75) is 20.8 Å². The van der Waals surface area contributed by atoms with Crippen molar-refractivity contribution in [2.75, 3.05) is 5.32 Å². The summed E-state index contributed by atoms with van der Waals surface area (Å²) in [6, 6.07) is 13.9. The van der Waals surface area contributed by atoms with Gasteiger partial charge in [-0.3, -0.25) is 9.59 Å². The van der Waals surface area contributed by atoms with Crippen molar-refractivity contribution < 1.29 is 14.7 Å². The van der Waals surface area contributed by atoms with Gasteiger partial charge >= 0.3 is 0 Å². The van der Waals surface area contributed by atoms with Crippen molar-refractivity contribution in [3.8, 4) is 5.75 Å². The molecule has 3 aromatic carbocycles. The van der Waals surface area contributed by atoms with Gasteiger partial charge in [-0.15, -0.1) is 0 Å². The van der Waals surface area contributed by atoms with E-state index >= 15 is 0 Å².